The monoisotopic (exact) mass is 426 g/mol. The van der Waals surface area contributed by atoms with Gasteiger partial charge in [-0.1, -0.05) is 0 Å². The molecule has 0 radical (unpaired) electrons. The number of hydrogen-bond donors (Lipinski definition) is 0. The van der Waals surface area contributed by atoms with Gasteiger partial charge in [0.1, 0.15) is 0 Å². The summed E-state index contributed by atoms with van der Waals surface area (Å²) in [5.41, 5.74) is 3.79. The van der Waals surface area contributed by atoms with Crippen molar-refractivity contribution >= 4 is 12.0 Å². The normalized spacial score (nSPS) is 19.7. The maximum absolute atomic E-state index is 12.5. The molecule has 0 spiro atoms. The largest absolute Gasteiger partial charge is 0.493 e. The van der Waals surface area contributed by atoms with Crippen molar-refractivity contribution in [2.45, 2.75) is 6.42 Å². The lowest BCUT2D eigenvalue weighted by Gasteiger charge is -2.25. The highest BCUT2D eigenvalue weighted by Crippen LogP contribution is 2.56. The third-order valence-corrected chi connectivity index (χ3v) is 5.88. The summed E-state index contributed by atoms with van der Waals surface area (Å²) in [6.07, 6.45) is 2.40. The average Bonchev–Trinajstić information content (AvgIpc) is 3.37. The Morgan fingerprint density at radius 2 is 1.65 bits per heavy atom. The number of benzene rings is 2. The lowest BCUT2D eigenvalue weighted by Crippen LogP contribution is -2.12. The topological polar surface area (TPSA) is 81.7 Å². The predicted octanol–water partition coefficient (Wildman–Crippen LogP) is 3.23. The van der Waals surface area contributed by atoms with Crippen molar-refractivity contribution in [3.63, 3.8) is 0 Å². The van der Waals surface area contributed by atoms with Gasteiger partial charge in [-0.2, -0.15) is 0 Å². The summed E-state index contributed by atoms with van der Waals surface area (Å²) >= 11 is 0. The van der Waals surface area contributed by atoms with E-state index in [9.17, 15) is 4.79 Å². The van der Waals surface area contributed by atoms with Crippen LogP contribution in [0.2, 0.25) is 0 Å². The Morgan fingerprint density at radius 3 is 2.35 bits per heavy atom. The van der Waals surface area contributed by atoms with Crippen LogP contribution in [0.3, 0.4) is 0 Å². The van der Waals surface area contributed by atoms with Crippen LogP contribution in [-0.2, 0) is 16.0 Å². The molecule has 1 fully saturated rings. The molecular weight excluding hydrogens is 404 g/mol. The van der Waals surface area contributed by atoms with Gasteiger partial charge in [-0.05, 0) is 35.8 Å². The summed E-state index contributed by atoms with van der Waals surface area (Å²) in [5.74, 6) is 2.66. The van der Waals surface area contributed by atoms with E-state index in [2.05, 4.69) is 0 Å². The first-order valence-electron chi connectivity index (χ1n) is 9.82. The Kier molecular flexibility index (Phi) is 4.57. The van der Waals surface area contributed by atoms with E-state index in [4.69, 9.17) is 33.2 Å². The van der Waals surface area contributed by atoms with Gasteiger partial charge in [-0.15, -0.1) is 0 Å². The number of hydrogen-bond acceptors (Lipinski definition) is 8. The van der Waals surface area contributed by atoms with Crippen LogP contribution in [0.1, 0.15) is 11.1 Å². The number of rotatable bonds is 4. The van der Waals surface area contributed by atoms with Gasteiger partial charge in [0.2, 0.25) is 18.3 Å². The fourth-order valence-corrected chi connectivity index (χ4v) is 4.53. The minimum Gasteiger partial charge on any atom is -0.493 e. The molecule has 1 atom stereocenters. The molecule has 5 rings (SSSR count). The molecule has 8 heteroatoms. The van der Waals surface area contributed by atoms with Crippen LogP contribution in [0.15, 0.2) is 17.7 Å². The first kappa shape index (κ1) is 19.4. The molecule has 0 unspecified atom stereocenters. The molecular formula is C23H22O8. The van der Waals surface area contributed by atoms with E-state index < -0.39 is 0 Å². The zero-order valence-electron chi connectivity index (χ0n) is 17.7. The van der Waals surface area contributed by atoms with Crippen LogP contribution < -0.4 is 28.4 Å². The SMILES string of the molecule is COc1cc2c(c(OC)c1OC)-c1c(cc3c(c1OC)OCO3)/C=C1/C(=O)OC[C@@H]1C2. The minimum absolute atomic E-state index is 0.0890. The Morgan fingerprint density at radius 1 is 0.871 bits per heavy atom. The highest BCUT2D eigenvalue weighted by molar-refractivity contribution is 6.00. The standard InChI is InChI=1S/C23H22O8/c1-25-15-7-11-5-13-9-29-23(24)14(13)6-12-8-16-20(31-10-30-16)22(28-4)18(12)17(11)21(27-3)19(15)26-2/h6-8,13H,5,9-10H2,1-4H3/b14-6+/t13-/m0/s1. The molecule has 0 saturated carbocycles. The zero-order valence-corrected chi connectivity index (χ0v) is 17.7. The van der Waals surface area contributed by atoms with E-state index in [1.807, 2.05) is 18.2 Å². The van der Waals surface area contributed by atoms with Crippen LogP contribution in [0.25, 0.3) is 17.2 Å². The number of methoxy groups -OCH3 is 4. The molecule has 0 aromatic heterocycles. The molecule has 2 aromatic carbocycles. The Labute approximate surface area is 179 Å². The molecule has 0 bridgehead atoms. The fourth-order valence-electron chi connectivity index (χ4n) is 4.53. The number of esters is 1. The second-order valence-electron chi connectivity index (χ2n) is 7.39. The Balaban J connectivity index is 1.93. The quantitative estimate of drug-likeness (QED) is 0.690. The molecule has 2 heterocycles. The molecule has 2 aromatic rings. The third kappa shape index (κ3) is 2.78. The van der Waals surface area contributed by atoms with E-state index in [1.54, 1.807) is 28.4 Å². The van der Waals surface area contributed by atoms with Gasteiger partial charge in [-0.3, -0.25) is 0 Å². The summed E-state index contributed by atoms with van der Waals surface area (Å²) in [4.78, 5) is 12.5. The summed E-state index contributed by atoms with van der Waals surface area (Å²) in [7, 11) is 6.30. The first-order chi connectivity index (χ1) is 15.1. The molecule has 3 aliphatic rings. The van der Waals surface area contributed by atoms with Crippen LogP contribution in [0.5, 0.6) is 34.5 Å². The minimum atomic E-state index is -0.316. The fraction of sp³-hybridized carbons (Fsp3) is 0.348. The van der Waals surface area contributed by atoms with Crippen molar-refractivity contribution in [3.8, 4) is 45.6 Å². The van der Waals surface area contributed by atoms with E-state index in [0.717, 1.165) is 22.3 Å². The molecule has 1 aliphatic carbocycles. The van der Waals surface area contributed by atoms with Crippen molar-refractivity contribution < 1.29 is 38.0 Å². The number of carbonyl (C=O) groups excluding carboxylic acids is 1. The summed E-state index contributed by atoms with van der Waals surface area (Å²) in [6, 6.07) is 3.76. The van der Waals surface area contributed by atoms with Gasteiger partial charge in [0, 0.05) is 22.6 Å². The first-order valence-corrected chi connectivity index (χ1v) is 9.82. The molecule has 31 heavy (non-hydrogen) atoms. The van der Waals surface area contributed by atoms with Crippen molar-refractivity contribution in [1.29, 1.82) is 0 Å². The molecule has 8 nitrogen and oxygen atoms in total. The van der Waals surface area contributed by atoms with Crippen LogP contribution in [-0.4, -0.2) is 47.8 Å². The zero-order chi connectivity index (χ0) is 21.7. The second kappa shape index (κ2) is 7.30. The summed E-state index contributed by atoms with van der Waals surface area (Å²) in [5, 5.41) is 0. The van der Waals surface area contributed by atoms with Crippen molar-refractivity contribution in [2.75, 3.05) is 41.8 Å². The molecule has 0 amide bonds. The number of ether oxygens (including phenoxy) is 7. The van der Waals surface area contributed by atoms with Crippen molar-refractivity contribution in [3.05, 3.63) is 28.8 Å². The Hall–Kier alpha value is -3.55. The smallest absolute Gasteiger partial charge is 0.334 e. The van der Waals surface area contributed by atoms with Gasteiger partial charge >= 0.3 is 5.97 Å². The van der Waals surface area contributed by atoms with Crippen molar-refractivity contribution in [2.24, 2.45) is 5.92 Å². The van der Waals surface area contributed by atoms with Gasteiger partial charge in [-0.25, -0.2) is 4.79 Å². The average molecular weight is 426 g/mol. The third-order valence-electron chi connectivity index (χ3n) is 5.88. The van der Waals surface area contributed by atoms with Gasteiger partial charge < -0.3 is 33.2 Å². The lowest BCUT2D eigenvalue weighted by atomic mass is 9.82. The maximum atomic E-state index is 12.5. The molecule has 1 saturated heterocycles. The van der Waals surface area contributed by atoms with E-state index in [1.165, 1.54) is 0 Å². The van der Waals surface area contributed by atoms with E-state index in [-0.39, 0.29) is 18.7 Å². The van der Waals surface area contributed by atoms with Crippen LogP contribution in [0.4, 0.5) is 0 Å². The van der Waals surface area contributed by atoms with Crippen LogP contribution >= 0.6 is 0 Å². The van der Waals surface area contributed by atoms with E-state index in [0.29, 0.717) is 53.1 Å². The summed E-state index contributed by atoms with van der Waals surface area (Å²) < 4.78 is 39.5. The van der Waals surface area contributed by atoms with Gasteiger partial charge in [0.05, 0.1) is 35.0 Å². The second-order valence-corrected chi connectivity index (χ2v) is 7.39. The molecule has 162 valence electrons. The van der Waals surface area contributed by atoms with Crippen LogP contribution in [0, 0.1) is 5.92 Å². The maximum Gasteiger partial charge on any atom is 0.334 e. The number of carbonyl (C=O) groups is 1. The lowest BCUT2D eigenvalue weighted by molar-refractivity contribution is -0.135. The number of fused-ring (bicyclic) bond motifs is 5. The predicted molar refractivity (Wildman–Crippen MR) is 110 cm³/mol. The van der Waals surface area contributed by atoms with Crippen molar-refractivity contribution in [1.82, 2.24) is 0 Å². The molecule has 0 N–H and O–H groups in total. The molecule has 2 aliphatic heterocycles. The highest BCUT2D eigenvalue weighted by atomic mass is 16.7. The highest BCUT2D eigenvalue weighted by Gasteiger charge is 2.37. The van der Waals surface area contributed by atoms with Gasteiger partial charge in [0.25, 0.3) is 0 Å². The number of cyclic esters (lactones) is 1. The van der Waals surface area contributed by atoms with E-state index >= 15 is 0 Å². The Bertz CT molecular complexity index is 1120. The van der Waals surface area contributed by atoms with Gasteiger partial charge in [0.15, 0.2) is 23.0 Å². The summed E-state index contributed by atoms with van der Waals surface area (Å²) in [6.45, 7) is 0.406.